The predicted molar refractivity (Wildman–Crippen MR) is 99.0 cm³/mol. The van der Waals surface area contributed by atoms with Crippen LogP contribution >= 0.6 is 0 Å². The lowest BCUT2D eigenvalue weighted by atomic mass is 9.52. The Bertz CT molecular complexity index is 714. The molecule has 0 radical (unpaired) electrons. The van der Waals surface area contributed by atoms with Gasteiger partial charge in [0, 0.05) is 0 Å². The Morgan fingerprint density at radius 3 is 2.81 bits per heavy atom. The maximum atomic E-state index is 11.5. The maximum Gasteiger partial charge on any atom is 0.306 e. The fourth-order valence-corrected chi connectivity index (χ4v) is 6.53. The van der Waals surface area contributed by atoms with Gasteiger partial charge in [-0.3, -0.25) is 4.79 Å². The van der Waals surface area contributed by atoms with Crippen molar-refractivity contribution in [3.63, 3.8) is 0 Å². The predicted octanol–water partition coefficient (Wildman–Crippen LogP) is 3.95. The Balaban J connectivity index is 1.74. The van der Waals surface area contributed by atoms with E-state index in [4.69, 9.17) is 0 Å². The summed E-state index contributed by atoms with van der Waals surface area (Å²) in [6.45, 7) is 4.05. The minimum absolute atomic E-state index is 0.0275. The van der Waals surface area contributed by atoms with Crippen molar-refractivity contribution in [3.05, 3.63) is 29.3 Å². The van der Waals surface area contributed by atoms with E-state index in [9.17, 15) is 20.1 Å². The van der Waals surface area contributed by atoms with Gasteiger partial charge in [0.05, 0.1) is 12.0 Å². The van der Waals surface area contributed by atoms with Crippen molar-refractivity contribution in [1.82, 2.24) is 0 Å². The number of carbonyl (C=O) groups is 1. The van der Waals surface area contributed by atoms with Gasteiger partial charge in [-0.2, -0.15) is 0 Å². The number of fused-ring (bicyclic) bond motifs is 5. The molecule has 4 rings (SSSR count). The minimum atomic E-state index is -0.728. The Labute approximate surface area is 155 Å². The summed E-state index contributed by atoms with van der Waals surface area (Å²) in [5.41, 5.74) is 2.51. The number of carboxylic acids is 1. The highest BCUT2D eigenvalue weighted by molar-refractivity contribution is 5.69. The molecule has 0 spiro atoms. The van der Waals surface area contributed by atoms with Crippen LogP contribution in [0.2, 0.25) is 0 Å². The van der Waals surface area contributed by atoms with E-state index >= 15 is 0 Å². The number of carboxylic acid groups (broad SMARTS) is 1. The highest BCUT2D eigenvalue weighted by Crippen LogP contribution is 2.62. The second kappa shape index (κ2) is 6.26. The Hall–Kier alpha value is -1.55. The molecule has 26 heavy (non-hydrogen) atoms. The van der Waals surface area contributed by atoms with Gasteiger partial charge in [-0.25, -0.2) is 0 Å². The first-order valence-corrected chi connectivity index (χ1v) is 10.0. The lowest BCUT2D eigenvalue weighted by Gasteiger charge is -2.53. The fourth-order valence-electron chi connectivity index (χ4n) is 6.53. The maximum absolute atomic E-state index is 11.5. The summed E-state index contributed by atoms with van der Waals surface area (Å²) in [6.07, 6.45) is 5.27. The molecule has 0 amide bonds. The van der Waals surface area contributed by atoms with Crippen molar-refractivity contribution in [2.45, 2.75) is 64.4 Å². The van der Waals surface area contributed by atoms with Crippen LogP contribution in [0.4, 0.5) is 0 Å². The lowest BCUT2D eigenvalue weighted by molar-refractivity contribution is -0.142. The summed E-state index contributed by atoms with van der Waals surface area (Å²) in [6, 6.07) is 5.74. The second-order valence-corrected chi connectivity index (χ2v) is 9.25. The normalized spacial score (nSPS) is 39.6. The summed E-state index contributed by atoms with van der Waals surface area (Å²) in [5.74, 6) is 0.828. The molecule has 5 unspecified atom stereocenters. The molecule has 4 heteroatoms. The number of hydrogen-bond donors (Lipinski definition) is 3. The van der Waals surface area contributed by atoms with Gasteiger partial charge in [-0.1, -0.05) is 19.9 Å². The average Bonchev–Trinajstić information content (AvgIpc) is 2.89. The number of hydrogen-bond acceptors (Lipinski definition) is 3. The molecule has 0 aromatic heterocycles. The quantitative estimate of drug-likeness (QED) is 0.765. The second-order valence-electron chi connectivity index (χ2n) is 9.25. The number of aliphatic hydroxyl groups excluding tert-OH is 1. The smallest absolute Gasteiger partial charge is 0.306 e. The third-order valence-corrected chi connectivity index (χ3v) is 7.91. The van der Waals surface area contributed by atoms with Gasteiger partial charge in [0.2, 0.25) is 0 Å². The molecule has 0 saturated heterocycles. The van der Waals surface area contributed by atoms with Crippen molar-refractivity contribution >= 4 is 5.97 Å². The molecule has 7 atom stereocenters. The van der Waals surface area contributed by atoms with E-state index in [0.717, 1.165) is 32.1 Å². The van der Waals surface area contributed by atoms with Gasteiger partial charge in [-0.15, -0.1) is 0 Å². The SMILES string of the molecule is CC(CC1Cc2cc(O)ccc2C2CC[C@@]3(C)C(CC[C@@H]3O)C12)C(=O)O. The molecule has 3 N–H and O–H groups in total. The van der Waals surface area contributed by atoms with Crippen molar-refractivity contribution in [3.8, 4) is 5.75 Å². The van der Waals surface area contributed by atoms with Crippen LogP contribution in [-0.2, 0) is 11.2 Å². The highest BCUT2D eigenvalue weighted by atomic mass is 16.4. The van der Waals surface area contributed by atoms with E-state index < -0.39 is 5.97 Å². The van der Waals surface area contributed by atoms with Crippen molar-refractivity contribution in [2.24, 2.45) is 29.1 Å². The number of aliphatic hydroxyl groups is 1. The topological polar surface area (TPSA) is 77.8 Å². The minimum Gasteiger partial charge on any atom is -0.508 e. The van der Waals surface area contributed by atoms with Crippen molar-refractivity contribution < 1.29 is 20.1 Å². The molecule has 0 bridgehead atoms. The van der Waals surface area contributed by atoms with Gasteiger partial charge >= 0.3 is 5.97 Å². The van der Waals surface area contributed by atoms with Gasteiger partial charge in [0.25, 0.3) is 0 Å². The number of benzene rings is 1. The van der Waals surface area contributed by atoms with Crippen LogP contribution in [0.3, 0.4) is 0 Å². The van der Waals surface area contributed by atoms with E-state index in [1.54, 1.807) is 13.0 Å². The standard InChI is InChI=1S/C22H30O4/c1-12(21(25)26)9-14-10-13-11-15(23)3-4-16(13)17-7-8-22(2)18(20(14)17)5-6-19(22)24/h3-4,11-12,14,17-20,23-24H,5-10H2,1-2H3,(H,25,26)/t12?,14?,17?,18?,19-,20?,22-/m0/s1. The monoisotopic (exact) mass is 358 g/mol. The van der Waals surface area contributed by atoms with E-state index in [2.05, 4.69) is 13.0 Å². The Kier molecular flexibility index (Phi) is 4.30. The Morgan fingerprint density at radius 2 is 2.08 bits per heavy atom. The molecule has 0 heterocycles. The third-order valence-electron chi connectivity index (χ3n) is 7.91. The lowest BCUT2D eigenvalue weighted by Crippen LogP contribution is -2.47. The zero-order valence-corrected chi connectivity index (χ0v) is 15.7. The molecule has 1 aromatic carbocycles. The van der Waals surface area contributed by atoms with Crippen LogP contribution in [0.5, 0.6) is 5.75 Å². The molecule has 142 valence electrons. The third kappa shape index (κ3) is 2.65. The first kappa shape index (κ1) is 17.8. The van der Waals surface area contributed by atoms with E-state index in [1.807, 2.05) is 6.07 Å². The number of rotatable bonds is 3. The average molecular weight is 358 g/mol. The van der Waals surface area contributed by atoms with Crippen molar-refractivity contribution in [1.29, 1.82) is 0 Å². The fraction of sp³-hybridized carbons (Fsp3) is 0.682. The van der Waals surface area contributed by atoms with E-state index in [0.29, 0.717) is 35.8 Å². The Morgan fingerprint density at radius 1 is 1.31 bits per heavy atom. The zero-order chi connectivity index (χ0) is 18.6. The zero-order valence-electron chi connectivity index (χ0n) is 15.7. The number of phenols is 1. The molecular weight excluding hydrogens is 328 g/mol. The van der Waals surface area contributed by atoms with Crippen LogP contribution < -0.4 is 0 Å². The summed E-state index contributed by atoms with van der Waals surface area (Å²) in [5, 5.41) is 30.0. The molecule has 2 saturated carbocycles. The molecule has 3 aliphatic carbocycles. The van der Waals surface area contributed by atoms with E-state index in [1.165, 1.54) is 11.1 Å². The van der Waals surface area contributed by atoms with Gasteiger partial charge in [0.1, 0.15) is 5.75 Å². The number of aliphatic carboxylic acids is 1. The molecule has 2 fully saturated rings. The van der Waals surface area contributed by atoms with E-state index in [-0.39, 0.29) is 17.4 Å². The van der Waals surface area contributed by atoms with Crippen LogP contribution in [0, 0.1) is 29.1 Å². The molecule has 1 aromatic rings. The van der Waals surface area contributed by atoms with Crippen LogP contribution in [0.1, 0.15) is 63.0 Å². The van der Waals surface area contributed by atoms with Crippen molar-refractivity contribution in [2.75, 3.05) is 0 Å². The largest absolute Gasteiger partial charge is 0.508 e. The van der Waals surface area contributed by atoms with Crippen LogP contribution in [-0.4, -0.2) is 27.4 Å². The summed E-state index contributed by atoms with van der Waals surface area (Å²) in [7, 11) is 0. The van der Waals surface area contributed by atoms with Gasteiger partial charge in [-0.05, 0) is 90.9 Å². The molecule has 0 aliphatic heterocycles. The summed E-state index contributed by atoms with van der Waals surface area (Å²) < 4.78 is 0. The molecular formula is C22H30O4. The van der Waals surface area contributed by atoms with Gasteiger partial charge < -0.3 is 15.3 Å². The molecule has 4 nitrogen and oxygen atoms in total. The van der Waals surface area contributed by atoms with Gasteiger partial charge in [0.15, 0.2) is 0 Å². The highest BCUT2D eigenvalue weighted by Gasteiger charge is 2.56. The van der Waals surface area contributed by atoms with Crippen LogP contribution in [0.15, 0.2) is 18.2 Å². The first-order valence-electron chi connectivity index (χ1n) is 10.0. The summed E-state index contributed by atoms with van der Waals surface area (Å²) >= 11 is 0. The molecule has 3 aliphatic rings. The number of aromatic hydroxyl groups is 1. The first-order chi connectivity index (χ1) is 12.3. The summed E-state index contributed by atoms with van der Waals surface area (Å²) in [4.78, 5) is 11.5. The van der Waals surface area contributed by atoms with Crippen LogP contribution in [0.25, 0.3) is 0 Å². The number of phenolic OH excluding ortho intramolecular Hbond substituents is 1.